The maximum absolute atomic E-state index is 12.3. The summed E-state index contributed by atoms with van der Waals surface area (Å²) in [6, 6.07) is 16.8. The molecule has 22 heavy (non-hydrogen) atoms. The van der Waals surface area contributed by atoms with E-state index >= 15 is 0 Å². The first-order chi connectivity index (χ1) is 10.6. The monoisotopic (exact) mass is 294 g/mol. The lowest BCUT2D eigenvalue weighted by Crippen LogP contribution is -2.32. The van der Waals surface area contributed by atoms with Crippen molar-refractivity contribution >= 4 is 11.6 Å². The zero-order valence-electron chi connectivity index (χ0n) is 13.2. The van der Waals surface area contributed by atoms with Gasteiger partial charge in [-0.1, -0.05) is 42.5 Å². The van der Waals surface area contributed by atoms with Gasteiger partial charge in [-0.15, -0.1) is 0 Å². The lowest BCUT2D eigenvalue weighted by molar-refractivity contribution is -0.117. The number of anilines is 1. The molecule has 1 aliphatic rings. The van der Waals surface area contributed by atoms with Gasteiger partial charge in [-0.05, 0) is 49.6 Å². The molecule has 2 aromatic rings. The Balaban J connectivity index is 1.64. The largest absolute Gasteiger partial charge is 0.325 e. The van der Waals surface area contributed by atoms with Crippen LogP contribution in [0.5, 0.6) is 0 Å². The van der Waals surface area contributed by atoms with Gasteiger partial charge >= 0.3 is 0 Å². The number of aryl methyl sites for hydroxylation is 2. The van der Waals surface area contributed by atoms with Crippen LogP contribution in [0.4, 0.5) is 5.69 Å². The zero-order valence-corrected chi connectivity index (χ0v) is 13.2. The van der Waals surface area contributed by atoms with E-state index in [-0.39, 0.29) is 5.91 Å². The van der Waals surface area contributed by atoms with Crippen LogP contribution in [0, 0.1) is 6.92 Å². The predicted molar refractivity (Wildman–Crippen MR) is 89.9 cm³/mol. The number of carbonyl (C=O) groups excluding carboxylic acids is 1. The van der Waals surface area contributed by atoms with Crippen LogP contribution in [0.15, 0.2) is 48.5 Å². The number of hydrogen-bond donors (Lipinski definition) is 1. The van der Waals surface area contributed by atoms with E-state index in [9.17, 15) is 4.79 Å². The minimum atomic E-state index is 0.0428. The molecule has 0 aromatic heterocycles. The number of carbonyl (C=O) groups is 1. The van der Waals surface area contributed by atoms with Crippen molar-refractivity contribution in [3.05, 3.63) is 65.2 Å². The van der Waals surface area contributed by atoms with Crippen molar-refractivity contribution in [3.8, 4) is 0 Å². The van der Waals surface area contributed by atoms with Gasteiger partial charge < -0.3 is 5.32 Å². The van der Waals surface area contributed by atoms with Gasteiger partial charge in [0.25, 0.3) is 0 Å². The Bertz CT molecular complexity index is 681. The molecule has 1 aliphatic carbocycles. The summed E-state index contributed by atoms with van der Waals surface area (Å²) in [5, 5.41) is 3.01. The Morgan fingerprint density at radius 2 is 1.91 bits per heavy atom. The number of nitrogens with one attached hydrogen (secondary N) is 1. The number of amides is 1. The number of fused-ring (bicyclic) bond motifs is 1. The minimum absolute atomic E-state index is 0.0428. The highest BCUT2D eigenvalue weighted by Crippen LogP contribution is 2.34. The molecule has 0 fully saturated rings. The summed E-state index contributed by atoms with van der Waals surface area (Å²) < 4.78 is 0. The summed E-state index contributed by atoms with van der Waals surface area (Å²) in [7, 11) is 2.03. The molecule has 0 heterocycles. The molecule has 1 N–H and O–H groups in total. The topological polar surface area (TPSA) is 32.3 Å². The molecule has 0 bridgehead atoms. The number of hydrogen-bond acceptors (Lipinski definition) is 2. The van der Waals surface area contributed by atoms with E-state index < -0.39 is 0 Å². The van der Waals surface area contributed by atoms with Crippen molar-refractivity contribution in [2.45, 2.75) is 25.8 Å². The summed E-state index contributed by atoms with van der Waals surface area (Å²) in [5.41, 5.74) is 4.77. The molecule has 1 unspecified atom stereocenters. The third-order valence-electron chi connectivity index (χ3n) is 4.45. The van der Waals surface area contributed by atoms with E-state index in [1.807, 2.05) is 38.2 Å². The summed E-state index contributed by atoms with van der Waals surface area (Å²) in [5.74, 6) is 0.0428. The molecule has 1 amide bonds. The van der Waals surface area contributed by atoms with Gasteiger partial charge in [-0.3, -0.25) is 9.69 Å². The fraction of sp³-hybridized carbons (Fsp3) is 0.316. The molecule has 114 valence electrons. The Kier molecular flexibility index (Phi) is 4.25. The minimum Gasteiger partial charge on any atom is -0.325 e. The summed E-state index contributed by atoms with van der Waals surface area (Å²) in [4.78, 5) is 14.4. The molecule has 2 aromatic carbocycles. The predicted octanol–water partition coefficient (Wildman–Crippen LogP) is 3.55. The fourth-order valence-corrected chi connectivity index (χ4v) is 3.23. The van der Waals surface area contributed by atoms with Crippen LogP contribution >= 0.6 is 0 Å². The van der Waals surface area contributed by atoms with Gasteiger partial charge in [-0.2, -0.15) is 0 Å². The number of para-hydroxylation sites is 1. The van der Waals surface area contributed by atoms with Crippen LogP contribution < -0.4 is 5.32 Å². The first-order valence-electron chi connectivity index (χ1n) is 7.78. The number of nitrogens with zero attached hydrogens (tertiary/aromatic N) is 1. The van der Waals surface area contributed by atoms with Gasteiger partial charge in [0.05, 0.1) is 6.54 Å². The molecule has 0 radical (unpaired) electrons. The number of benzene rings is 2. The van der Waals surface area contributed by atoms with E-state index in [0.717, 1.165) is 24.1 Å². The summed E-state index contributed by atoms with van der Waals surface area (Å²) in [6.07, 6.45) is 2.19. The molecule has 0 spiro atoms. The average Bonchev–Trinajstić information content (AvgIpc) is 2.93. The summed E-state index contributed by atoms with van der Waals surface area (Å²) >= 11 is 0. The second-order valence-electron chi connectivity index (χ2n) is 6.03. The van der Waals surface area contributed by atoms with Crippen molar-refractivity contribution in [1.82, 2.24) is 4.90 Å². The van der Waals surface area contributed by atoms with E-state index in [1.54, 1.807) is 0 Å². The first kappa shape index (κ1) is 14.8. The van der Waals surface area contributed by atoms with Crippen molar-refractivity contribution < 1.29 is 4.79 Å². The highest BCUT2D eigenvalue weighted by atomic mass is 16.2. The van der Waals surface area contributed by atoms with Crippen LogP contribution in [-0.4, -0.2) is 24.4 Å². The van der Waals surface area contributed by atoms with Crippen molar-refractivity contribution in [2.75, 3.05) is 18.9 Å². The molecular weight excluding hydrogens is 272 g/mol. The van der Waals surface area contributed by atoms with Gasteiger partial charge in [0.1, 0.15) is 0 Å². The SMILES string of the molecule is Cc1ccccc1NC(=O)CN(C)C1CCc2ccccc21. The Morgan fingerprint density at radius 3 is 2.73 bits per heavy atom. The first-order valence-corrected chi connectivity index (χ1v) is 7.78. The fourth-order valence-electron chi connectivity index (χ4n) is 3.23. The van der Waals surface area contributed by atoms with Gasteiger partial charge in [-0.25, -0.2) is 0 Å². The maximum atomic E-state index is 12.3. The smallest absolute Gasteiger partial charge is 0.238 e. The second kappa shape index (κ2) is 6.32. The van der Waals surface area contributed by atoms with E-state index in [4.69, 9.17) is 0 Å². The van der Waals surface area contributed by atoms with Gasteiger partial charge in [0.2, 0.25) is 5.91 Å². The van der Waals surface area contributed by atoms with Crippen molar-refractivity contribution in [2.24, 2.45) is 0 Å². The Labute approximate surface area is 132 Å². The highest BCUT2D eigenvalue weighted by molar-refractivity contribution is 5.92. The Hall–Kier alpha value is -2.13. The molecule has 3 rings (SSSR count). The van der Waals surface area contributed by atoms with E-state index in [1.165, 1.54) is 11.1 Å². The Morgan fingerprint density at radius 1 is 1.18 bits per heavy atom. The van der Waals surface area contributed by atoms with Crippen LogP contribution in [0.25, 0.3) is 0 Å². The normalized spacial score (nSPS) is 16.6. The standard InChI is InChI=1S/C19H22N2O/c1-14-7-3-6-10-17(14)20-19(22)13-21(2)18-12-11-15-8-4-5-9-16(15)18/h3-10,18H,11-13H2,1-2H3,(H,20,22). The molecule has 0 saturated carbocycles. The van der Waals surface area contributed by atoms with Crippen molar-refractivity contribution in [3.63, 3.8) is 0 Å². The second-order valence-corrected chi connectivity index (χ2v) is 6.03. The zero-order chi connectivity index (χ0) is 15.5. The van der Waals surface area contributed by atoms with Crippen LogP contribution in [-0.2, 0) is 11.2 Å². The third kappa shape index (κ3) is 3.04. The molecule has 0 aliphatic heterocycles. The van der Waals surface area contributed by atoms with Gasteiger partial charge in [0, 0.05) is 11.7 Å². The average molecular weight is 294 g/mol. The van der Waals surface area contributed by atoms with Gasteiger partial charge in [0.15, 0.2) is 0 Å². The highest BCUT2D eigenvalue weighted by Gasteiger charge is 2.26. The third-order valence-corrected chi connectivity index (χ3v) is 4.45. The number of rotatable bonds is 4. The number of likely N-dealkylation sites (N-methyl/N-ethyl adjacent to an activating group) is 1. The lowest BCUT2D eigenvalue weighted by atomic mass is 10.1. The molecule has 0 saturated heterocycles. The van der Waals surface area contributed by atoms with Crippen LogP contribution in [0.1, 0.15) is 29.2 Å². The summed E-state index contributed by atoms with van der Waals surface area (Å²) in [6.45, 7) is 2.42. The van der Waals surface area contributed by atoms with Crippen molar-refractivity contribution in [1.29, 1.82) is 0 Å². The van der Waals surface area contributed by atoms with Crippen LogP contribution in [0.3, 0.4) is 0 Å². The molecule has 3 nitrogen and oxygen atoms in total. The molecular formula is C19H22N2O. The molecule has 3 heteroatoms. The van der Waals surface area contributed by atoms with E-state index in [0.29, 0.717) is 12.6 Å². The quantitative estimate of drug-likeness (QED) is 0.935. The van der Waals surface area contributed by atoms with E-state index in [2.05, 4.69) is 34.5 Å². The lowest BCUT2D eigenvalue weighted by Gasteiger charge is -2.24. The maximum Gasteiger partial charge on any atom is 0.238 e. The van der Waals surface area contributed by atoms with Crippen LogP contribution in [0.2, 0.25) is 0 Å². The molecule has 1 atom stereocenters.